The van der Waals surface area contributed by atoms with Gasteiger partial charge in [-0.15, -0.1) is 0 Å². The highest BCUT2D eigenvalue weighted by Gasteiger charge is 2.35. The van der Waals surface area contributed by atoms with Crippen molar-refractivity contribution in [3.05, 3.63) is 29.7 Å². The number of carbonyl (C=O) groups is 2. The van der Waals surface area contributed by atoms with E-state index < -0.39 is 11.8 Å². The van der Waals surface area contributed by atoms with E-state index in [0.717, 1.165) is 0 Å². The van der Waals surface area contributed by atoms with E-state index in [0.29, 0.717) is 5.76 Å². The molecular weight excluding hydrogens is 240 g/mol. The summed E-state index contributed by atoms with van der Waals surface area (Å²) in [6.07, 6.45) is 2.89. The zero-order valence-electron chi connectivity index (χ0n) is 9.34. The Balaban J connectivity index is 2.43. The molecule has 1 aliphatic rings. The van der Waals surface area contributed by atoms with Gasteiger partial charge in [-0.2, -0.15) is 0 Å². The van der Waals surface area contributed by atoms with Crippen molar-refractivity contribution in [2.45, 2.75) is 0 Å². The van der Waals surface area contributed by atoms with Crippen LogP contribution in [0.5, 0.6) is 0 Å². The number of likely N-dealkylation sites (N-methyl/N-ethyl adjacent to an activating group) is 2. The average molecular weight is 250 g/mol. The first-order valence-corrected chi connectivity index (χ1v) is 5.28. The Hall–Kier alpha value is -1.95. The molecule has 0 N–H and O–H groups in total. The van der Waals surface area contributed by atoms with Gasteiger partial charge in [0.1, 0.15) is 11.3 Å². The Labute approximate surface area is 103 Å². The average Bonchev–Trinajstić information content (AvgIpc) is 2.82. The minimum Gasteiger partial charge on any atom is -0.465 e. The molecule has 2 rings (SSSR count). The Morgan fingerprint density at radius 3 is 2.29 bits per heavy atom. The maximum Gasteiger partial charge on any atom is 0.265 e. The molecule has 1 saturated heterocycles. The topological polar surface area (TPSA) is 53.8 Å². The van der Waals surface area contributed by atoms with Crippen LogP contribution >= 0.6 is 12.2 Å². The molecule has 17 heavy (non-hydrogen) atoms. The Morgan fingerprint density at radius 1 is 1.24 bits per heavy atom. The summed E-state index contributed by atoms with van der Waals surface area (Å²) in [4.78, 5) is 26.3. The molecule has 0 atom stereocenters. The Morgan fingerprint density at radius 2 is 1.82 bits per heavy atom. The first-order valence-electron chi connectivity index (χ1n) is 4.87. The fourth-order valence-electron chi connectivity index (χ4n) is 1.49. The summed E-state index contributed by atoms with van der Waals surface area (Å²) in [6, 6.07) is 3.35. The molecule has 0 saturated carbocycles. The molecule has 5 nitrogen and oxygen atoms in total. The Kier molecular flexibility index (Phi) is 2.81. The minimum atomic E-state index is -0.422. The lowest BCUT2D eigenvalue weighted by atomic mass is 10.1. The van der Waals surface area contributed by atoms with Crippen molar-refractivity contribution in [2.24, 2.45) is 0 Å². The van der Waals surface area contributed by atoms with E-state index in [-0.39, 0.29) is 10.7 Å². The predicted molar refractivity (Wildman–Crippen MR) is 64.8 cm³/mol. The van der Waals surface area contributed by atoms with Crippen LogP contribution in [0.3, 0.4) is 0 Å². The molecule has 1 aromatic rings. The van der Waals surface area contributed by atoms with Crippen molar-refractivity contribution in [3.8, 4) is 0 Å². The maximum atomic E-state index is 11.9. The summed E-state index contributed by atoms with van der Waals surface area (Å²) in [5.41, 5.74) is 0.0403. The molecule has 88 valence electrons. The van der Waals surface area contributed by atoms with E-state index in [9.17, 15) is 9.59 Å². The van der Waals surface area contributed by atoms with Crippen LogP contribution in [0.2, 0.25) is 0 Å². The zero-order chi connectivity index (χ0) is 12.6. The molecule has 0 aliphatic carbocycles. The molecule has 2 amide bonds. The van der Waals surface area contributed by atoms with Crippen molar-refractivity contribution in [1.29, 1.82) is 0 Å². The van der Waals surface area contributed by atoms with Gasteiger partial charge in [-0.1, -0.05) is 0 Å². The number of nitrogens with zero attached hydrogens (tertiary/aromatic N) is 2. The number of furan rings is 1. The van der Waals surface area contributed by atoms with Crippen molar-refractivity contribution in [1.82, 2.24) is 9.80 Å². The molecular formula is C11H10N2O3S. The summed E-state index contributed by atoms with van der Waals surface area (Å²) < 4.78 is 5.08. The lowest BCUT2D eigenvalue weighted by Crippen LogP contribution is -2.52. The Bertz CT molecular complexity index is 493. The van der Waals surface area contributed by atoms with Gasteiger partial charge in [-0.3, -0.25) is 19.4 Å². The third-order valence-corrected chi connectivity index (χ3v) is 3.02. The lowest BCUT2D eigenvalue weighted by molar-refractivity contribution is -0.132. The molecule has 1 aliphatic heterocycles. The van der Waals surface area contributed by atoms with Crippen molar-refractivity contribution in [2.75, 3.05) is 14.1 Å². The van der Waals surface area contributed by atoms with Gasteiger partial charge >= 0.3 is 0 Å². The van der Waals surface area contributed by atoms with E-state index in [1.165, 1.54) is 36.2 Å². The summed E-state index contributed by atoms with van der Waals surface area (Å²) in [5.74, 6) is -0.389. The highest BCUT2D eigenvalue weighted by Crippen LogP contribution is 2.17. The lowest BCUT2D eigenvalue weighted by Gasteiger charge is -2.31. The molecule has 1 fully saturated rings. The first-order chi connectivity index (χ1) is 8.02. The highest BCUT2D eigenvalue weighted by molar-refractivity contribution is 7.80. The largest absolute Gasteiger partial charge is 0.465 e. The van der Waals surface area contributed by atoms with Crippen LogP contribution in [0, 0.1) is 0 Å². The fraction of sp³-hybridized carbons (Fsp3) is 0.182. The second-order valence-corrected chi connectivity index (χ2v) is 3.95. The van der Waals surface area contributed by atoms with Crippen LogP contribution in [-0.4, -0.2) is 40.8 Å². The number of hydrogen-bond donors (Lipinski definition) is 0. The predicted octanol–water partition coefficient (Wildman–Crippen LogP) is 0.878. The SMILES string of the molecule is CN1C(=O)C(=Cc2ccco2)C(=O)N(C)C1=S. The molecule has 0 radical (unpaired) electrons. The van der Waals surface area contributed by atoms with Crippen molar-refractivity contribution in [3.63, 3.8) is 0 Å². The van der Waals surface area contributed by atoms with Crippen LogP contribution in [0.25, 0.3) is 6.08 Å². The summed E-state index contributed by atoms with van der Waals surface area (Å²) >= 11 is 4.97. The van der Waals surface area contributed by atoms with Crippen LogP contribution in [0.1, 0.15) is 5.76 Å². The smallest absolute Gasteiger partial charge is 0.265 e. The monoisotopic (exact) mass is 250 g/mol. The van der Waals surface area contributed by atoms with E-state index in [1.54, 1.807) is 12.1 Å². The number of carbonyl (C=O) groups excluding carboxylic acids is 2. The highest BCUT2D eigenvalue weighted by atomic mass is 32.1. The van der Waals surface area contributed by atoms with Crippen LogP contribution in [0.15, 0.2) is 28.4 Å². The molecule has 6 heteroatoms. The number of rotatable bonds is 1. The molecule has 1 aromatic heterocycles. The number of hydrogen-bond acceptors (Lipinski definition) is 4. The van der Waals surface area contributed by atoms with Gasteiger partial charge in [0, 0.05) is 14.1 Å². The number of thiocarbonyl (C=S) groups is 1. The fourth-order valence-corrected chi connectivity index (χ4v) is 1.66. The summed E-state index contributed by atoms with van der Waals surface area (Å²) in [5, 5.41) is 0.191. The van der Waals surface area contributed by atoms with E-state index in [4.69, 9.17) is 16.6 Å². The summed E-state index contributed by atoms with van der Waals surface area (Å²) in [6.45, 7) is 0. The van der Waals surface area contributed by atoms with Gasteiger partial charge in [-0.05, 0) is 30.4 Å². The second kappa shape index (κ2) is 4.14. The molecule has 0 aromatic carbocycles. The van der Waals surface area contributed by atoms with Gasteiger partial charge in [0.2, 0.25) is 0 Å². The second-order valence-electron chi connectivity index (χ2n) is 3.58. The van der Waals surface area contributed by atoms with Gasteiger partial charge in [0.25, 0.3) is 11.8 Å². The van der Waals surface area contributed by atoms with E-state index in [2.05, 4.69) is 0 Å². The molecule has 2 heterocycles. The van der Waals surface area contributed by atoms with Crippen LogP contribution in [0.4, 0.5) is 0 Å². The minimum absolute atomic E-state index is 0.0403. The third-order valence-electron chi connectivity index (χ3n) is 2.47. The van der Waals surface area contributed by atoms with Gasteiger partial charge in [0.15, 0.2) is 5.11 Å². The molecule has 0 spiro atoms. The van der Waals surface area contributed by atoms with E-state index >= 15 is 0 Å². The van der Waals surface area contributed by atoms with Gasteiger partial charge < -0.3 is 4.42 Å². The molecule has 0 bridgehead atoms. The van der Waals surface area contributed by atoms with Crippen LogP contribution < -0.4 is 0 Å². The maximum absolute atomic E-state index is 11.9. The quantitative estimate of drug-likeness (QED) is 0.422. The van der Waals surface area contributed by atoms with E-state index in [1.807, 2.05) is 0 Å². The third kappa shape index (κ3) is 1.87. The van der Waals surface area contributed by atoms with Crippen molar-refractivity contribution >= 4 is 35.2 Å². The van der Waals surface area contributed by atoms with Crippen molar-refractivity contribution < 1.29 is 14.0 Å². The summed E-state index contributed by atoms with van der Waals surface area (Å²) in [7, 11) is 3.06. The van der Waals surface area contributed by atoms with Crippen LogP contribution in [-0.2, 0) is 9.59 Å². The van der Waals surface area contributed by atoms with Gasteiger partial charge in [-0.25, -0.2) is 0 Å². The normalized spacial score (nSPS) is 16.8. The standard InChI is InChI=1S/C11H10N2O3S/c1-12-9(14)8(6-7-4-3-5-16-7)10(15)13(2)11(12)17/h3-6H,1-2H3. The van der Waals surface area contributed by atoms with Gasteiger partial charge in [0.05, 0.1) is 6.26 Å². The first kappa shape index (κ1) is 11.5. The number of amides is 2. The zero-order valence-corrected chi connectivity index (χ0v) is 10.2. The molecule has 0 unspecified atom stereocenters.